The number of aromatic nitrogens is 1. The number of aryl methyl sites for hydroxylation is 1. The number of hydrogen-bond donors (Lipinski definition) is 1. The van der Waals surface area contributed by atoms with Gasteiger partial charge < -0.3 is 10.5 Å². The molecule has 0 aliphatic heterocycles. The minimum absolute atomic E-state index is 0.665. The van der Waals surface area contributed by atoms with E-state index in [9.17, 15) is 0 Å². The average molecular weight is 277 g/mol. The summed E-state index contributed by atoms with van der Waals surface area (Å²) < 4.78 is 5.67. The summed E-state index contributed by atoms with van der Waals surface area (Å²) in [5, 5.41) is 0. The van der Waals surface area contributed by atoms with Gasteiger partial charge in [0.25, 0.3) is 0 Å². The van der Waals surface area contributed by atoms with Gasteiger partial charge in [-0.2, -0.15) is 0 Å². The second kappa shape index (κ2) is 6.54. The van der Waals surface area contributed by atoms with Crippen molar-refractivity contribution in [3.05, 3.63) is 40.3 Å². The number of hydrogen-bond acceptors (Lipinski definition) is 5. The molecule has 0 amide bonds. The lowest BCUT2D eigenvalue weighted by atomic mass is 10.3. The highest BCUT2D eigenvalue weighted by atomic mass is 32.1. The number of benzene rings is 1. The van der Waals surface area contributed by atoms with Crippen molar-refractivity contribution in [1.82, 2.24) is 9.88 Å². The van der Waals surface area contributed by atoms with Gasteiger partial charge >= 0.3 is 0 Å². The van der Waals surface area contributed by atoms with Gasteiger partial charge in [0.2, 0.25) is 0 Å². The summed E-state index contributed by atoms with van der Waals surface area (Å²) in [4.78, 5) is 7.80. The minimum Gasteiger partial charge on any atom is -0.492 e. The molecule has 0 bridgehead atoms. The van der Waals surface area contributed by atoms with Crippen LogP contribution in [0.3, 0.4) is 0 Å². The lowest BCUT2D eigenvalue weighted by molar-refractivity contribution is 0.233. The molecule has 0 spiro atoms. The van der Waals surface area contributed by atoms with Crippen molar-refractivity contribution < 1.29 is 4.74 Å². The molecule has 0 unspecified atom stereocenters. The van der Waals surface area contributed by atoms with Crippen LogP contribution in [0.25, 0.3) is 0 Å². The van der Waals surface area contributed by atoms with Gasteiger partial charge in [0, 0.05) is 23.7 Å². The molecule has 4 nitrogen and oxygen atoms in total. The largest absolute Gasteiger partial charge is 0.492 e. The van der Waals surface area contributed by atoms with Crippen LogP contribution in [0.4, 0.5) is 5.69 Å². The smallest absolute Gasteiger partial charge is 0.119 e. The minimum atomic E-state index is 0.665. The van der Waals surface area contributed by atoms with Crippen LogP contribution in [0, 0.1) is 6.92 Å². The molecular formula is C14H19N3OS. The molecule has 2 aromatic rings. The van der Waals surface area contributed by atoms with Gasteiger partial charge in [-0.05, 0) is 38.2 Å². The third kappa shape index (κ3) is 4.22. The summed E-state index contributed by atoms with van der Waals surface area (Å²) in [5.74, 6) is 0.858. The highest BCUT2D eigenvalue weighted by Gasteiger charge is 2.05. The Labute approximate surface area is 117 Å². The summed E-state index contributed by atoms with van der Waals surface area (Å²) >= 11 is 1.70. The van der Waals surface area contributed by atoms with Gasteiger partial charge in [-0.3, -0.25) is 4.90 Å². The standard InChI is InChI=1S/C14H19N3OS/c1-11-14(19-10-16-11)9-17(2)7-8-18-13-5-3-12(15)4-6-13/h3-6,10H,7-9,15H2,1-2H3. The third-order valence-electron chi connectivity index (χ3n) is 2.88. The first-order valence-corrected chi connectivity index (χ1v) is 7.09. The third-order valence-corrected chi connectivity index (χ3v) is 3.80. The van der Waals surface area contributed by atoms with E-state index in [0.29, 0.717) is 6.61 Å². The summed E-state index contributed by atoms with van der Waals surface area (Å²) in [5.41, 5.74) is 9.39. The van der Waals surface area contributed by atoms with Crippen LogP contribution in [0.5, 0.6) is 5.75 Å². The monoisotopic (exact) mass is 277 g/mol. The average Bonchev–Trinajstić information content (AvgIpc) is 2.78. The molecule has 0 radical (unpaired) electrons. The molecule has 102 valence electrons. The van der Waals surface area contributed by atoms with E-state index in [0.717, 1.165) is 30.2 Å². The molecule has 19 heavy (non-hydrogen) atoms. The Morgan fingerprint density at radius 3 is 2.68 bits per heavy atom. The van der Waals surface area contributed by atoms with Crippen LogP contribution in [-0.4, -0.2) is 30.1 Å². The maximum absolute atomic E-state index is 5.67. The maximum Gasteiger partial charge on any atom is 0.119 e. The number of ether oxygens (including phenoxy) is 1. The number of rotatable bonds is 6. The Morgan fingerprint density at radius 2 is 2.05 bits per heavy atom. The fourth-order valence-corrected chi connectivity index (χ4v) is 2.54. The molecule has 0 aliphatic rings. The molecular weight excluding hydrogens is 258 g/mol. The molecule has 0 fully saturated rings. The summed E-state index contributed by atoms with van der Waals surface area (Å²) in [6.07, 6.45) is 0. The zero-order valence-corrected chi connectivity index (χ0v) is 12.1. The van der Waals surface area contributed by atoms with E-state index in [-0.39, 0.29) is 0 Å². The molecule has 2 rings (SSSR count). The first-order valence-electron chi connectivity index (χ1n) is 6.21. The normalized spacial score (nSPS) is 10.9. The summed E-state index contributed by atoms with van der Waals surface area (Å²) in [6.45, 7) is 4.51. The SMILES string of the molecule is Cc1ncsc1CN(C)CCOc1ccc(N)cc1. The fourth-order valence-electron chi connectivity index (χ4n) is 1.69. The van der Waals surface area contributed by atoms with Crippen molar-refractivity contribution >= 4 is 17.0 Å². The Balaban J connectivity index is 1.73. The van der Waals surface area contributed by atoms with Gasteiger partial charge in [-0.25, -0.2) is 4.98 Å². The van der Waals surface area contributed by atoms with E-state index in [1.807, 2.05) is 36.7 Å². The van der Waals surface area contributed by atoms with Crippen LogP contribution >= 0.6 is 11.3 Å². The molecule has 0 aliphatic carbocycles. The number of thiazole rings is 1. The van der Waals surface area contributed by atoms with Crippen molar-refractivity contribution in [2.24, 2.45) is 0 Å². The molecule has 0 saturated carbocycles. The molecule has 1 aromatic carbocycles. The van der Waals surface area contributed by atoms with Gasteiger partial charge in [-0.1, -0.05) is 0 Å². The van der Waals surface area contributed by atoms with Crippen molar-refractivity contribution in [3.63, 3.8) is 0 Å². The topological polar surface area (TPSA) is 51.4 Å². The molecule has 1 heterocycles. The molecule has 2 N–H and O–H groups in total. The quantitative estimate of drug-likeness (QED) is 0.824. The van der Waals surface area contributed by atoms with Crippen molar-refractivity contribution in [3.8, 4) is 5.75 Å². The number of anilines is 1. The summed E-state index contributed by atoms with van der Waals surface area (Å²) in [7, 11) is 2.09. The van der Waals surface area contributed by atoms with E-state index < -0.39 is 0 Å². The van der Waals surface area contributed by atoms with E-state index in [1.165, 1.54) is 4.88 Å². The lowest BCUT2D eigenvalue weighted by Gasteiger charge is -2.16. The Hall–Kier alpha value is -1.59. The van der Waals surface area contributed by atoms with E-state index in [1.54, 1.807) is 11.3 Å². The number of nitrogens with two attached hydrogens (primary N) is 1. The van der Waals surface area contributed by atoms with Gasteiger partial charge in [0.05, 0.1) is 11.2 Å². The van der Waals surface area contributed by atoms with Crippen LogP contribution in [0.15, 0.2) is 29.8 Å². The molecule has 0 saturated heterocycles. The lowest BCUT2D eigenvalue weighted by Crippen LogP contribution is -2.23. The molecule has 1 aromatic heterocycles. The maximum atomic E-state index is 5.67. The fraction of sp³-hybridized carbons (Fsp3) is 0.357. The van der Waals surface area contributed by atoms with Crippen LogP contribution in [0.1, 0.15) is 10.6 Å². The number of likely N-dealkylation sites (N-methyl/N-ethyl adjacent to an activating group) is 1. The van der Waals surface area contributed by atoms with Crippen LogP contribution in [0.2, 0.25) is 0 Å². The Morgan fingerprint density at radius 1 is 1.32 bits per heavy atom. The van der Waals surface area contributed by atoms with E-state index >= 15 is 0 Å². The highest BCUT2D eigenvalue weighted by Crippen LogP contribution is 2.15. The van der Waals surface area contributed by atoms with Crippen molar-refractivity contribution in [2.75, 3.05) is 25.9 Å². The first kappa shape index (κ1) is 13.8. The Bertz CT molecular complexity index is 510. The Kier molecular flexibility index (Phi) is 4.76. The highest BCUT2D eigenvalue weighted by molar-refractivity contribution is 7.09. The van der Waals surface area contributed by atoms with Gasteiger partial charge in [0.15, 0.2) is 0 Å². The zero-order chi connectivity index (χ0) is 13.7. The van der Waals surface area contributed by atoms with Crippen molar-refractivity contribution in [2.45, 2.75) is 13.5 Å². The first-order chi connectivity index (χ1) is 9.15. The molecule has 5 heteroatoms. The van der Waals surface area contributed by atoms with Crippen LogP contribution in [-0.2, 0) is 6.54 Å². The van der Waals surface area contributed by atoms with E-state index in [4.69, 9.17) is 10.5 Å². The second-order valence-electron chi connectivity index (χ2n) is 4.52. The molecule has 0 atom stereocenters. The second-order valence-corrected chi connectivity index (χ2v) is 5.46. The van der Waals surface area contributed by atoms with Gasteiger partial charge in [0.1, 0.15) is 12.4 Å². The number of nitrogen functional groups attached to an aromatic ring is 1. The zero-order valence-electron chi connectivity index (χ0n) is 11.3. The van der Waals surface area contributed by atoms with Crippen molar-refractivity contribution in [1.29, 1.82) is 0 Å². The summed E-state index contributed by atoms with van der Waals surface area (Å²) in [6, 6.07) is 7.48. The van der Waals surface area contributed by atoms with E-state index in [2.05, 4.69) is 16.9 Å². The predicted octanol–water partition coefficient (Wildman–Crippen LogP) is 2.54. The number of nitrogens with zero attached hydrogens (tertiary/aromatic N) is 2. The van der Waals surface area contributed by atoms with Crippen LogP contribution < -0.4 is 10.5 Å². The predicted molar refractivity (Wildman–Crippen MR) is 79.5 cm³/mol. The van der Waals surface area contributed by atoms with Gasteiger partial charge in [-0.15, -0.1) is 11.3 Å².